The second-order valence-electron chi connectivity index (χ2n) is 6.68. The van der Waals surface area contributed by atoms with Crippen molar-refractivity contribution >= 4 is 21.4 Å². The summed E-state index contributed by atoms with van der Waals surface area (Å²) in [5.74, 6) is 0. The number of hydrogen-bond acceptors (Lipinski definition) is 7. The number of hydrogen-bond donors (Lipinski definition) is 3. The molecule has 0 aliphatic heterocycles. The first-order chi connectivity index (χ1) is 14.3. The molecule has 0 aliphatic carbocycles. The van der Waals surface area contributed by atoms with Crippen molar-refractivity contribution in [2.75, 3.05) is 0 Å². The van der Waals surface area contributed by atoms with Gasteiger partial charge in [-0.1, -0.05) is 42.5 Å². The van der Waals surface area contributed by atoms with E-state index in [1.165, 1.54) is 23.5 Å². The maximum Gasteiger partial charge on any atom is 0.238 e. The van der Waals surface area contributed by atoms with E-state index in [2.05, 4.69) is 4.98 Å². The summed E-state index contributed by atoms with van der Waals surface area (Å²) in [6.45, 7) is 0. The first-order valence-electron chi connectivity index (χ1n) is 8.96. The van der Waals surface area contributed by atoms with E-state index in [4.69, 9.17) is 16.0 Å². The highest BCUT2D eigenvalue weighted by Crippen LogP contribution is 2.27. The quantitative estimate of drug-likeness (QED) is 0.392. The van der Waals surface area contributed by atoms with Gasteiger partial charge in [-0.25, -0.2) is 23.2 Å². The summed E-state index contributed by atoms with van der Waals surface area (Å²) in [6.07, 6.45) is 1.27. The molecule has 0 amide bonds. The van der Waals surface area contributed by atoms with Gasteiger partial charge in [-0.2, -0.15) is 5.10 Å². The van der Waals surface area contributed by atoms with Crippen LogP contribution in [0.4, 0.5) is 0 Å². The predicted octanol–water partition coefficient (Wildman–Crippen LogP) is 2.18. The van der Waals surface area contributed by atoms with Crippen LogP contribution in [0.5, 0.6) is 0 Å². The Morgan fingerprint density at radius 2 is 1.80 bits per heavy atom. The molecule has 0 bridgehead atoms. The zero-order chi connectivity index (χ0) is 21.3. The molecule has 5 N–H and O–H groups in total. The van der Waals surface area contributed by atoms with Crippen LogP contribution in [0, 0.1) is 0 Å². The number of thiazole rings is 1. The van der Waals surface area contributed by atoms with Crippen LogP contribution in [-0.4, -0.2) is 28.3 Å². The monoisotopic (exact) mass is 441 g/mol. The van der Waals surface area contributed by atoms with Crippen molar-refractivity contribution in [1.82, 2.24) is 14.8 Å². The second kappa shape index (κ2) is 8.09. The van der Waals surface area contributed by atoms with Gasteiger partial charge in [-0.3, -0.25) is 0 Å². The standard InChI is InChI=1S/C20H19N5O3S2/c21-19(26)17-12-29-20(23-17)25-11-15(18(24-25)14-4-2-1-3-5-14)10-13-6-8-16(9-7-13)30(22,27)28/h1-9,11-12,19,26H,10,21H2,(H2,22,27,28). The molecule has 0 fully saturated rings. The lowest BCUT2D eigenvalue weighted by Gasteiger charge is -2.04. The molecule has 0 radical (unpaired) electrons. The zero-order valence-electron chi connectivity index (χ0n) is 15.7. The number of sulfonamides is 1. The summed E-state index contributed by atoms with van der Waals surface area (Å²) in [5.41, 5.74) is 9.46. The normalized spacial score (nSPS) is 12.8. The van der Waals surface area contributed by atoms with Gasteiger partial charge in [-0.15, -0.1) is 11.3 Å². The highest BCUT2D eigenvalue weighted by atomic mass is 32.2. The number of benzene rings is 2. The Hall–Kier alpha value is -2.89. The van der Waals surface area contributed by atoms with Crippen LogP contribution in [-0.2, 0) is 16.4 Å². The maximum absolute atomic E-state index is 11.5. The van der Waals surface area contributed by atoms with Crippen molar-refractivity contribution in [3.05, 3.63) is 83.0 Å². The minimum atomic E-state index is -3.73. The molecular weight excluding hydrogens is 422 g/mol. The predicted molar refractivity (Wildman–Crippen MR) is 114 cm³/mol. The fraction of sp³-hybridized carbons (Fsp3) is 0.100. The van der Waals surface area contributed by atoms with Gasteiger partial charge in [0, 0.05) is 29.1 Å². The summed E-state index contributed by atoms with van der Waals surface area (Å²) in [5, 5.41) is 21.7. The van der Waals surface area contributed by atoms with Crippen molar-refractivity contribution in [1.29, 1.82) is 0 Å². The van der Waals surface area contributed by atoms with Crippen LogP contribution in [0.25, 0.3) is 16.4 Å². The third-order valence-electron chi connectivity index (χ3n) is 4.49. The number of rotatable bonds is 6. The Labute approximate surface area is 177 Å². The summed E-state index contributed by atoms with van der Waals surface area (Å²) in [4.78, 5) is 4.41. The Morgan fingerprint density at radius 1 is 1.10 bits per heavy atom. The first-order valence-corrected chi connectivity index (χ1v) is 11.4. The van der Waals surface area contributed by atoms with E-state index in [0.29, 0.717) is 17.2 Å². The lowest BCUT2D eigenvalue weighted by molar-refractivity contribution is 0.182. The largest absolute Gasteiger partial charge is 0.373 e. The third kappa shape index (κ3) is 4.32. The van der Waals surface area contributed by atoms with Gasteiger partial charge in [0.05, 0.1) is 16.3 Å². The number of aliphatic hydroxyl groups excluding tert-OH is 1. The SMILES string of the molecule is NC(O)c1csc(-n2cc(Cc3ccc(S(N)(=O)=O)cc3)c(-c3ccccc3)n2)n1. The van der Waals surface area contributed by atoms with Gasteiger partial charge in [0.1, 0.15) is 6.23 Å². The van der Waals surface area contributed by atoms with E-state index in [0.717, 1.165) is 22.4 Å². The Morgan fingerprint density at radius 3 is 2.40 bits per heavy atom. The Bertz CT molecular complexity index is 1260. The van der Waals surface area contributed by atoms with Gasteiger partial charge >= 0.3 is 0 Å². The number of nitrogens with two attached hydrogens (primary N) is 2. The fourth-order valence-electron chi connectivity index (χ4n) is 3.01. The lowest BCUT2D eigenvalue weighted by Crippen LogP contribution is -2.11. The van der Waals surface area contributed by atoms with Gasteiger partial charge in [0.15, 0.2) is 0 Å². The molecular formula is C20H19N5O3S2. The summed E-state index contributed by atoms with van der Waals surface area (Å²) in [7, 11) is -3.73. The van der Waals surface area contributed by atoms with E-state index in [1.54, 1.807) is 22.2 Å². The van der Waals surface area contributed by atoms with Crippen LogP contribution < -0.4 is 10.9 Å². The minimum Gasteiger partial charge on any atom is -0.373 e. The molecule has 0 saturated heterocycles. The minimum absolute atomic E-state index is 0.0703. The molecule has 0 spiro atoms. The summed E-state index contributed by atoms with van der Waals surface area (Å²) in [6, 6.07) is 16.2. The van der Waals surface area contributed by atoms with Crippen LogP contribution >= 0.6 is 11.3 Å². The number of aliphatic hydroxyl groups is 1. The van der Waals surface area contributed by atoms with Crippen LogP contribution in [0.1, 0.15) is 23.0 Å². The molecule has 10 heteroatoms. The van der Waals surface area contributed by atoms with Crippen molar-refractivity contribution in [2.45, 2.75) is 17.5 Å². The van der Waals surface area contributed by atoms with Crippen molar-refractivity contribution < 1.29 is 13.5 Å². The second-order valence-corrected chi connectivity index (χ2v) is 9.08. The molecule has 2 aromatic carbocycles. The first kappa shape index (κ1) is 20.4. The molecule has 8 nitrogen and oxygen atoms in total. The van der Waals surface area contributed by atoms with E-state index in [9.17, 15) is 13.5 Å². The number of primary sulfonamides is 1. The smallest absolute Gasteiger partial charge is 0.238 e. The maximum atomic E-state index is 11.5. The summed E-state index contributed by atoms with van der Waals surface area (Å²) < 4.78 is 24.6. The van der Waals surface area contributed by atoms with Crippen molar-refractivity contribution in [2.24, 2.45) is 10.9 Å². The van der Waals surface area contributed by atoms with E-state index >= 15 is 0 Å². The molecule has 2 aromatic heterocycles. The molecule has 4 rings (SSSR count). The fourth-order valence-corrected chi connectivity index (χ4v) is 4.30. The van der Waals surface area contributed by atoms with E-state index in [-0.39, 0.29) is 4.90 Å². The Balaban J connectivity index is 1.73. The average molecular weight is 442 g/mol. The molecule has 1 atom stereocenters. The zero-order valence-corrected chi connectivity index (χ0v) is 17.3. The highest BCUT2D eigenvalue weighted by Gasteiger charge is 2.16. The van der Waals surface area contributed by atoms with Gasteiger partial charge < -0.3 is 10.8 Å². The van der Waals surface area contributed by atoms with E-state index in [1.807, 2.05) is 36.5 Å². The van der Waals surface area contributed by atoms with Crippen molar-refractivity contribution in [3.8, 4) is 16.4 Å². The molecule has 154 valence electrons. The average Bonchev–Trinajstić information content (AvgIpc) is 3.36. The molecule has 2 heterocycles. The number of aromatic nitrogens is 3. The van der Waals surface area contributed by atoms with Crippen LogP contribution in [0.3, 0.4) is 0 Å². The molecule has 4 aromatic rings. The topological polar surface area (TPSA) is 137 Å². The van der Waals surface area contributed by atoms with Crippen LogP contribution in [0.2, 0.25) is 0 Å². The third-order valence-corrected chi connectivity index (χ3v) is 6.27. The molecule has 30 heavy (non-hydrogen) atoms. The highest BCUT2D eigenvalue weighted by molar-refractivity contribution is 7.89. The van der Waals surface area contributed by atoms with Gasteiger partial charge in [-0.05, 0) is 17.7 Å². The van der Waals surface area contributed by atoms with Crippen molar-refractivity contribution in [3.63, 3.8) is 0 Å². The lowest BCUT2D eigenvalue weighted by atomic mass is 10.0. The number of nitrogens with zero attached hydrogens (tertiary/aromatic N) is 3. The van der Waals surface area contributed by atoms with Gasteiger partial charge in [0.25, 0.3) is 0 Å². The molecule has 0 aliphatic rings. The Kier molecular flexibility index (Phi) is 5.50. The van der Waals surface area contributed by atoms with Crippen LogP contribution in [0.15, 0.2) is 71.1 Å². The van der Waals surface area contributed by atoms with Gasteiger partial charge in [0.2, 0.25) is 15.2 Å². The molecule has 0 saturated carbocycles. The van der Waals surface area contributed by atoms with E-state index < -0.39 is 16.3 Å². The summed E-state index contributed by atoms with van der Waals surface area (Å²) >= 11 is 1.33. The molecule has 1 unspecified atom stereocenters.